The highest BCUT2D eigenvalue weighted by Crippen LogP contribution is 2.29. The summed E-state index contributed by atoms with van der Waals surface area (Å²) in [4.78, 5) is 0. The van der Waals surface area contributed by atoms with Gasteiger partial charge in [-0.05, 0) is 19.8 Å². The van der Waals surface area contributed by atoms with Gasteiger partial charge < -0.3 is 9.31 Å². The van der Waals surface area contributed by atoms with Crippen LogP contribution in [-0.4, -0.2) is 12.7 Å². The van der Waals surface area contributed by atoms with Crippen molar-refractivity contribution in [3.8, 4) is 0 Å². The summed E-state index contributed by atoms with van der Waals surface area (Å²) >= 11 is 0. The van der Waals surface area contributed by atoms with Gasteiger partial charge in [0.15, 0.2) is 0 Å². The SMILES string of the molecule is C=CB1OC(=C)C(C)(C)O1. The van der Waals surface area contributed by atoms with Crippen LogP contribution in [0.3, 0.4) is 0 Å². The Morgan fingerprint density at radius 2 is 2.20 bits per heavy atom. The number of hydrogen-bond donors (Lipinski definition) is 0. The maximum absolute atomic E-state index is 5.37. The molecule has 1 saturated heterocycles. The van der Waals surface area contributed by atoms with Crippen molar-refractivity contribution in [1.82, 2.24) is 0 Å². The summed E-state index contributed by atoms with van der Waals surface area (Å²) in [5.74, 6) is 2.28. The Balaban J connectivity index is 2.70. The van der Waals surface area contributed by atoms with E-state index in [1.807, 2.05) is 13.8 Å². The predicted molar refractivity (Wildman–Crippen MR) is 41.3 cm³/mol. The van der Waals surface area contributed by atoms with E-state index in [1.165, 1.54) is 0 Å². The van der Waals surface area contributed by atoms with Crippen molar-refractivity contribution in [2.75, 3.05) is 0 Å². The number of hydrogen-bond acceptors (Lipinski definition) is 2. The predicted octanol–water partition coefficient (Wildman–Crippen LogP) is 1.54. The fraction of sp³-hybridized carbons (Fsp3) is 0.429. The summed E-state index contributed by atoms with van der Waals surface area (Å²) in [6.45, 7) is 11.1. The minimum absolute atomic E-state index is 0.317. The van der Waals surface area contributed by atoms with Gasteiger partial charge in [0.2, 0.25) is 0 Å². The molecule has 1 rings (SSSR count). The lowest BCUT2D eigenvalue weighted by Crippen LogP contribution is -2.22. The molecule has 10 heavy (non-hydrogen) atoms. The van der Waals surface area contributed by atoms with E-state index >= 15 is 0 Å². The van der Waals surface area contributed by atoms with Crippen LogP contribution in [0.5, 0.6) is 0 Å². The van der Waals surface area contributed by atoms with Crippen LogP contribution < -0.4 is 0 Å². The van der Waals surface area contributed by atoms with Crippen molar-refractivity contribution >= 4 is 7.12 Å². The third-order valence-corrected chi connectivity index (χ3v) is 1.53. The molecule has 2 nitrogen and oxygen atoms in total. The summed E-state index contributed by atoms with van der Waals surface area (Å²) in [5.41, 5.74) is -0.362. The molecule has 1 fully saturated rings. The fourth-order valence-corrected chi connectivity index (χ4v) is 0.759. The normalized spacial score (nSPS) is 22.6. The van der Waals surface area contributed by atoms with Gasteiger partial charge in [-0.1, -0.05) is 6.58 Å². The molecule has 0 unspecified atom stereocenters. The first kappa shape index (κ1) is 7.41. The summed E-state index contributed by atoms with van der Waals surface area (Å²) in [6.07, 6.45) is 0. The second-order valence-corrected chi connectivity index (χ2v) is 2.77. The quantitative estimate of drug-likeness (QED) is 0.511. The van der Waals surface area contributed by atoms with Crippen molar-refractivity contribution in [1.29, 1.82) is 0 Å². The molecule has 0 spiro atoms. The van der Waals surface area contributed by atoms with E-state index in [1.54, 1.807) is 5.98 Å². The first-order valence-electron chi connectivity index (χ1n) is 3.22. The lowest BCUT2D eigenvalue weighted by atomic mass is 9.92. The van der Waals surface area contributed by atoms with E-state index in [0.29, 0.717) is 5.76 Å². The zero-order valence-electron chi connectivity index (χ0n) is 6.39. The molecule has 3 heteroatoms. The topological polar surface area (TPSA) is 18.5 Å². The van der Waals surface area contributed by atoms with E-state index in [0.717, 1.165) is 0 Å². The highest BCUT2D eigenvalue weighted by atomic mass is 16.7. The average Bonchev–Trinajstić information content (AvgIpc) is 2.08. The molecule has 0 atom stereocenters. The lowest BCUT2D eigenvalue weighted by Gasteiger charge is -2.15. The highest BCUT2D eigenvalue weighted by Gasteiger charge is 2.39. The van der Waals surface area contributed by atoms with Gasteiger partial charge in [0.05, 0.1) is 5.76 Å². The van der Waals surface area contributed by atoms with Crippen LogP contribution in [0, 0.1) is 0 Å². The minimum Gasteiger partial charge on any atom is -0.534 e. The van der Waals surface area contributed by atoms with E-state index in [-0.39, 0.29) is 12.7 Å². The fourth-order valence-electron chi connectivity index (χ4n) is 0.759. The molecule has 0 aromatic rings. The standard InChI is InChI=1S/C7H11BO2/c1-5-8-9-6(2)7(3,4)10-8/h5H,1-2H2,3-4H3. The van der Waals surface area contributed by atoms with Gasteiger partial charge in [-0.2, -0.15) is 0 Å². The van der Waals surface area contributed by atoms with Crippen LogP contribution >= 0.6 is 0 Å². The van der Waals surface area contributed by atoms with Gasteiger partial charge in [-0.3, -0.25) is 0 Å². The Bertz CT molecular complexity index is 174. The Hall–Kier alpha value is -0.695. The third kappa shape index (κ3) is 1.09. The summed E-state index contributed by atoms with van der Waals surface area (Å²) in [6, 6.07) is 0. The summed E-state index contributed by atoms with van der Waals surface area (Å²) < 4.78 is 10.6. The Kier molecular flexibility index (Phi) is 1.61. The van der Waals surface area contributed by atoms with Crippen LogP contribution in [0.1, 0.15) is 13.8 Å². The van der Waals surface area contributed by atoms with Gasteiger partial charge in [0.25, 0.3) is 0 Å². The van der Waals surface area contributed by atoms with Crippen molar-refractivity contribution in [3.63, 3.8) is 0 Å². The molecule has 0 aromatic carbocycles. The molecular formula is C7H11BO2. The highest BCUT2D eigenvalue weighted by molar-refractivity contribution is 6.51. The van der Waals surface area contributed by atoms with Gasteiger partial charge in [0, 0.05) is 0 Å². The molecule has 0 bridgehead atoms. The monoisotopic (exact) mass is 138 g/mol. The maximum atomic E-state index is 5.37. The van der Waals surface area contributed by atoms with Gasteiger partial charge in [0.1, 0.15) is 5.60 Å². The molecule has 1 heterocycles. The molecule has 0 amide bonds. The number of rotatable bonds is 1. The largest absolute Gasteiger partial charge is 0.554 e. The maximum Gasteiger partial charge on any atom is 0.554 e. The second kappa shape index (κ2) is 2.17. The van der Waals surface area contributed by atoms with Gasteiger partial charge in [-0.25, -0.2) is 0 Å². The molecule has 0 radical (unpaired) electrons. The van der Waals surface area contributed by atoms with E-state index in [4.69, 9.17) is 9.31 Å². The minimum atomic E-state index is -0.362. The van der Waals surface area contributed by atoms with Gasteiger partial charge >= 0.3 is 7.12 Å². The Morgan fingerprint density at radius 1 is 1.60 bits per heavy atom. The van der Waals surface area contributed by atoms with Gasteiger partial charge in [-0.15, -0.1) is 6.58 Å². The zero-order valence-corrected chi connectivity index (χ0v) is 6.39. The lowest BCUT2D eigenvalue weighted by molar-refractivity contribution is 0.172. The first-order valence-corrected chi connectivity index (χ1v) is 3.22. The molecule has 0 aromatic heterocycles. The first-order chi connectivity index (χ1) is 4.56. The zero-order chi connectivity index (χ0) is 7.78. The Labute approximate surface area is 61.7 Å². The van der Waals surface area contributed by atoms with E-state index in [9.17, 15) is 0 Å². The molecule has 0 N–H and O–H groups in total. The van der Waals surface area contributed by atoms with E-state index < -0.39 is 0 Å². The van der Waals surface area contributed by atoms with Crippen molar-refractivity contribution < 1.29 is 9.31 Å². The van der Waals surface area contributed by atoms with Crippen molar-refractivity contribution in [3.05, 3.63) is 24.9 Å². The van der Waals surface area contributed by atoms with Crippen LogP contribution in [0.4, 0.5) is 0 Å². The van der Waals surface area contributed by atoms with Crippen LogP contribution in [0.25, 0.3) is 0 Å². The van der Waals surface area contributed by atoms with Crippen LogP contribution in [-0.2, 0) is 9.31 Å². The average molecular weight is 138 g/mol. The molecule has 54 valence electrons. The third-order valence-electron chi connectivity index (χ3n) is 1.53. The molecular weight excluding hydrogens is 127 g/mol. The van der Waals surface area contributed by atoms with Crippen LogP contribution in [0.15, 0.2) is 24.9 Å². The Morgan fingerprint density at radius 3 is 2.40 bits per heavy atom. The summed E-state index contributed by atoms with van der Waals surface area (Å²) in [7, 11) is -0.317. The van der Waals surface area contributed by atoms with Crippen molar-refractivity contribution in [2.24, 2.45) is 0 Å². The van der Waals surface area contributed by atoms with E-state index in [2.05, 4.69) is 13.2 Å². The molecule has 1 aliphatic rings. The molecule has 0 aliphatic carbocycles. The van der Waals surface area contributed by atoms with Crippen LogP contribution in [0.2, 0.25) is 0 Å². The second-order valence-electron chi connectivity index (χ2n) is 2.77. The van der Waals surface area contributed by atoms with Crippen molar-refractivity contribution in [2.45, 2.75) is 19.4 Å². The molecule has 1 aliphatic heterocycles. The molecule has 0 saturated carbocycles. The summed E-state index contributed by atoms with van der Waals surface area (Å²) in [5, 5.41) is 0. The smallest absolute Gasteiger partial charge is 0.534 e.